The third-order valence-electron chi connectivity index (χ3n) is 2.94. The molecule has 6 nitrogen and oxygen atoms in total. The van der Waals surface area contributed by atoms with Gasteiger partial charge in [-0.3, -0.25) is 19.5 Å². The Bertz CT molecular complexity index is 435. The molecule has 2 rings (SSSR count). The summed E-state index contributed by atoms with van der Waals surface area (Å²) in [5.41, 5.74) is 1.02. The normalized spacial score (nSPS) is 20.4. The largest absolute Gasteiger partial charge is 0.481 e. The van der Waals surface area contributed by atoms with Crippen molar-refractivity contribution in [2.75, 3.05) is 13.1 Å². The van der Waals surface area contributed by atoms with Gasteiger partial charge in [0.15, 0.2) is 0 Å². The number of nitrogens with zero attached hydrogens (tertiary/aromatic N) is 2. The van der Waals surface area contributed by atoms with Gasteiger partial charge in [0, 0.05) is 32.0 Å². The Kier molecular flexibility index (Phi) is 3.88. The number of carboxylic acid groups (broad SMARTS) is 1. The molecule has 1 atom stereocenters. The van der Waals surface area contributed by atoms with E-state index in [1.807, 2.05) is 17.0 Å². The highest BCUT2D eigenvalue weighted by Gasteiger charge is 2.31. The van der Waals surface area contributed by atoms with E-state index >= 15 is 0 Å². The highest BCUT2D eigenvalue weighted by atomic mass is 16.4. The van der Waals surface area contributed by atoms with Gasteiger partial charge in [-0.25, -0.2) is 0 Å². The average Bonchev–Trinajstić information content (AvgIpc) is 2.34. The number of aromatic nitrogens is 1. The minimum atomic E-state index is -0.961. The molecule has 0 saturated carbocycles. The first kappa shape index (κ1) is 12.5. The van der Waals surface area contributed by atoms with E-state index in [1.165, 1.54) is 0 Å². The van der Waals surface area contributed by atoms with Crippen molar-refractivity contribution in [3.8, 4) is 0 Å². The van der Waals surface area contributed by atoms with Crippen LogP contribution in [0.25, 0.3) is 0 Å². The molecule has 1 aromatic rings. The average molecular weight is 249 g/mol. The van der Waals surface area contributed by atoms with E-state index in [-0.39, 0.29) is 12.3 Å². The topological polar surface area (TPSA) is 82.5 Å². The van der Waals surface area contributed by atoms with Crippen molar-refractivity contribution in [1.29, 1.82) is 0 Å². The molecule has 0 spiro atoms. The molecular weight excluding hydrogens is 234 g/mol. The predicted octanol–water partition coefficient (Wildman–Crippen LogP) is -0.143. The Morgan fingerprint density at radius 2 is 2.22 bits per heavy atom. The van der Waals surface area contributed by atoms with E-state index in [4.69, 9.17) is 5.11 Å². The SMILES string of the molecule is O=C(O)C[C@H]1C(=O)NCCN1Cc1ccncc1. The first-order valence-electron chi connectivity index (χ1n) is 5.79. The van der Waals surface area contributed by atoms with Crippen LogP contribution in [0, 0.1) is 0 Å². The number of aliphatic carboxylic acids is 1. The molecule has 1 aliphatic rings. The summed E-state index contributed by atoms with van der Waals surface area (Å²) in [6.07, 6.45) is 3.20. The lowest BCUT2D eigenvalue weighted by atomic mass is 10.1. The summed E-state index contributed by atoms with van der Waals surface area (Å²) in [7, 11) is 0. The van der Waals surface area contributed by atoms with Gasteiger partial charge in [0.2, 0.25) is 5.91 Å². The number of carbonyl (C=O) groups is 2. The van der Waals surface area contributed by atoms with Gasteiger partial charge in [0.25, 0.3) is 0 Å². The predicted molar refractivity (Wildman–Crippen MR) is 63.7 cm³/mol. The summed E-state index contributed by atoms with van der Waals surface area (Å²) >= 11 is 0. The highest BCUT2D eigenvalue weighted by Crippen LogP contribution is 2.13. The fourth-order valence-electron chi connectivity index (χ4n) is 2.06. The molecule has 0 aliphatic carbocycles. The zero-order chi connectivity index (χ0) is 13.0. The maximum Gasteiger partial charge on any atom is 0.305 e. The van der Waals surface area contributed by atoms with Gasteiger partial charge in [0.1, 0.15) is 6.04 Å². The van der Waals surface area contributed by atoms with Crippen LogP contribution in [0.15, 0.2) is 24.5 Å². The number of hydrogen-bond acceptors (Lipinski definition) is 4. The first-order chi connectivity index (χ1) is 8.66. The molecule has 2 N–H and O–H groups in total. The summed E-state index contributed by atoms with van der Waals surface area (Å²) in [4.78, 5) is 28.3. The number of amides is 1. The highest BCUT2D eigenvalue weighted by molar-refractivity contribution is 5.86. The zero-order valence-corrected chi connectivity index (χ0v) is 9.87. The molecule has 0 bridgehead atoms. The van der Waals surface area contributed by atoms with Crippen molar-refractivity contribution in [3.63, 3.8) is 0 Å². The van der Waals surface area contributed by atoms with Gasteiger partial charge in [-0.05, 0) is 17.7 Å². The van der Waals surface area contributed by atoms with Crippen LogP contribution in [-0.4, -0.2) is 46.0 Å². The van der Waals surface area contributed by atoms with Gasteiger partial charge in [-0.1, -0.05) is 0 Å². The summed E-state index contributed by atoms with van der Waals surface area (Å²) in [6.45, 7) is 1.78. The van der Waals surface area contributed by atoms with Crippen LogP contribution in [0.4, 0.5) is 0 Å². The van der Waals surface area contributed by atoms with Crippen LogP contribution >= 0.6 is 0 Å². The van der Waals surface area contributed by atoms with Crippen molar-refractivity contribution < 1.29 is 14.7 Å². The zero-order valence-electron chi connectivity index (χ0n) is 9.87. The van der Waals surface area contributed by atoms with Gasteiger partial charge < -0.3 is 10.4 Å². The Morgan fingerprint density at radius 1 is 1.50 bits per heavy atom. The van der Waals surface area contributed by atoms with E-state index in [0.717, 1.165) is 5.56 Å². The molecule has 1 amide bonds. The van der Waals surface area contributed by atoms with E-state index in [2.05, 4.69) is 10.3 Å². The number of rotatable bonds is 4. The van der Waals surface area contributed by atoms with Gasteiger partial charge in [-0.15, -0.1) is 0 Å². The lowest BCUT2D eigenvalue weighted by molar-refractivity contribution is -0.143. The quantitative estimate of drug-likeness (QED) is 0.776. The lowest BCUT2D eigenvalue weighted by Gasteiger charge is -2.34. The van der Waals surface area contributed by atoms with Gasteiger partial charge in [0.05, 0.1) is 6.42 Å². The number of carboxylic acids is 1. The van der Waals surface area contributed by atoms with Crippen LogP contribution in [-0.2, 0) is 16.1 Å². The van der Waals surface area contributed by atoms with Crippen molar-refractivity contribution in [1.82, 2.24) is 15.2 Å². The molecule has 6 heteroatoms. The Labute approximate surface area is 105 Å². The second-order valence-corrected chi connectivity index (χ2v) is 4.23. The van der Waals surface area contributed by atoms with Crippen LogP contribution in [0.5, 0.6) is 0 Å². The van der Waals surface area contributed by atoms with Gasteiger partial charge in [-0.2, -0.15) is 0 Å². The first-order valence-corrected chi connectivity index (χ1v) is 5.79. The third-order valence-corrected chi connectivity index (χ3v) is 2.94. The lowest BCUT2D eigenvalue weighted by Crippen LogP contribution is -2.55. The molecule has 1 saturated heterocycles. The summed E-state index contributed by atoms with van der Waals surface area (Å²) in [6, 6.07) is 3.14. The summed E-state index contributed by atoms with van der Waals surface area (Å²) < 4.78 is 0. The monoisotopic (exact) mass is 249 g/mol. The number of piperazine rings is 1. The smallest absolute Gasteiger partial charge is 0.305 e. The van der Waals surface area contributed by atoms with Crippen LogP contribution in [0.2, 0.25) is 0 Å². The van der Waals surface area contributed by atoms with Crippen LogP contribution in [0.3, 0.4) is 0 Å². The number of nitrogens with one attached hydrogen (secondary N) is 1. The maximum atomic E-state index is 11.7. The van der Waals surface area contributed by atoms with E-state index in [0.29, 0.717) is 19.6 Å². The van der Waals surface area contributed by atoms with Gasteiger partial charge >= 0.3 is 5.97 Å². The molecule has 1 aliphatic heterocycles. The maximum absolute atomic E-state index is 11.7. The summed E-state index contributed by atoms with van der Waals surface area (Å²) in [5.74, 6) is -1.17. The van der Waals surface area contributed by atoms with E-state index < -0.39 is 12.0 Å². The molecule has 0 aromatic carbocycles. The van der Waals surface area contributed by atoms with Crippen LogP contribution in [0.1, 0.15) is 12.0 Å². The number of pyridine rings is 1. The van der Waals surface area contributed by atoms with Crippen molar-refractivity contribution >= 4 is 11.9 Å². The molecule has 0 unspecified atom stereocenters. The van der Waals surface area contributed by atoms with Crippen molar-refractivity contribution in [2.24, 2.45) is 0 Å². The fraction of sp³-hybridized carbons (Fsp3) is 0.417. The third kappa shape index (κ3) is 3.04. The van der Waals surface area contributed by atoms with Crippen molar-refractivity contribution in [3.05, 3.63) is 30.1 Å². The molecule has 96 valence electrons. The molecule has 0 radical (unpaired) electrons. The fourth-order valence-corrected chi connectivity index (χ4v) is 2.06. The second kappa shape index (κ2) is 5.59. The minimum Gasteiger partial charge on any atom is -0.481 e. The minimum absolute atomic E-state index is 0.170. The Hall–Kier alpha value is -1.95. The molecule has 2 heterocycles. The molecular formula is C12H15N3O3. The van der Waals surface area contributed by atoms with Crippen molar-refractivity contribution in [2.45, 2.75) is 19.0 Å². The molecule has 1 aromatic heterocycles. The standard InChI is InChI=1S/C12H15N3O3/c16-11(17)7-10-12(18)14-5-6-15(10)8-9-1-3-13-4-2-9/h1-4,10H,5-8H2,(H,14,18)(H,16,17)/t10-/m0/s1. The number of carbonyl (C=O) groups excluding carboxylic acids is 1. The molecule has 1 fully saturated rings. The van der Waals surface area contributed by atoms with E-state index in [9.17, 15) is 9.59 Å². The van der Waals surface area contributed by atoms with Crippen LogP contribution < -0.4 is 5.32 Å². The Balaban J connectivity index is 2.08. The Morgan fingerprint density at radius 3 is 2.89 bits per heavy atom. The van der Waals surface area contributed by atoms with E-state index in [1.54, 1.807) is 12.4 Å². The second-order valence-electron chi connectivity index (χ2n) is 4.23. The molecule has 18 heavy (non-hydrogen) atoms. The summed E-state index contributed by atoms with van der Waals surface area (Å²) in [5, 5.41) is 11.5. The number of hydrogen-bond donors (Lipinski definition) is 2.